The summed E-state index contributed by atoms with van der Waals surface area (Å²) >= 11 is 0. The topological polar surface area (TPSA) is 67.2 Å². The van der Waals surface area contributed by atoms with Crippen LogP contribution in [0.3, 0.4) is 0 Å². The smallest absolute Gasteiger partial charge is 0.273 e. The summed E-state index contributed by atoms with van der Waals surface area (Å²) in [7, 11) is 0. The molecule has 0 bridgehead atoms. The van der Waals surface area contributed by atoms with Gasteiger partial charge in [-0.15, -0.1) is 0 Å². The van der Waals surface area contributed by atoms with E-state index in [0.717, 1.165) is 38.0 Å². The summed E-state index contributed by atoms with van der Waals surface area (Å²) in [6.45, 7) is 3.10. The third-order valence-electron chi connectivity index (χ3n) is 3.70. The highest BCUT2D eigenvalue weighted by atomic mass is 16.5. The molecule has 18 heavy (non-hydrogen) atoms. The Hall–Kier alpha value is -1.36. The van der Waals surface area contributed by atoms with Gasteiger partial charge in [0.2, 0.25) is 0 Å². The first-order chi connectivity index (χ1) is 8.72. The van der Waals surface area contributed by atoms with Gasteiger partial charge in [0.15, 0.2) is 5.69 Å². The highest BCUT2D eigenvalue weighted by Gasteiger charge is 2.29. The van der Waals surface area contributed by atoms with Gasteiger partial charge in [-0.3, -0.25) is 4.79 Å². The minimum atomic E-state index is -0.107. The lowest BCUT2D eigenvalue weighted by Crippen LogP contribution is -2.46. The third-order valence-corrected chi connectivity index (χ3v) is 3.70. The van der Waals surface area contributed by atoms with Crippen molar-refractivity contribution in [1.29, 1.82) is 0 Å². The lowest BCUT2D eigenvalue weighted by atomic mass is 10.0. The molecule has 5 heteroatoms. The number of hydrogen-bond donors (Lipinski definition) is 2. The van der Waals surface area contributed by atoms with E-state index in [0.29, 0.717) is 17.7 Å². The van der Waals surface area contributed by atoms with Crippen LogP contribution < -0.4 is 10.6 Å². The predicted octanol–water partition coefficient (Wildman–Crippen LogP) is 1.42. The van der Waals surface area contributed by atoms with Gasteiger partial charge in [0, 0.05) is 24.1 Å². The lowest BCUT2D eigenvalue weighted by Gasteiger charge is -2.28. The summed E-state index contributed by atoms with van der Waals surface area (Å²) in [5, 5.41) is 10.3. The van der Waals surface area contributed by atoms with Crippen molar-refractivity contribution in [3.63, 3.8) is 0 Å². The van der Waals surface area contributed by atoms with E-state index in [9.17, 15) is 4.79 Å². The second-order valence-corrected chi connectivity index (χ2v) is 5.44. The number of carbonyl (C=O) groups is 1. The zero-order valence-electron chi connectivity index (χ0n) is 10.6. The van der Waals surface area contributed by atoms with Crippen LogP contribution in [0.2, 0.25) is 0 Å². The van der Waals surface area contributed by atoms with Crippen molar-refractivity contribution in [1.82, 2.24) is 15.8 Å². The van der Waals surface area contributed by atoms with E-state index in [1.165, 1.54) is 0 Å². The maximum absolute atomic E-state index is 12.0. The van der Waals surface area contributed by atoms with Crippen LogP contribution >= 0.6 is 0 Å². The molecule has 0 aromatic carbocycles. The quantitative estimate of drug-likeness (QED) is 0.850. The molecule has 2 atom stereocenters. The molecule has 98 valence electrons. The molecule has 2 aliphatic rings. The Bertz CT molecular complexity index is 439. The molecule has 0 radical (unpaired) electrons. The molecule has 1 aliphatic heterocycles. The molecule has 2 N–H and O–H groups in total. The SMILES string of the molecule is C[C@H]1C[C@H](NC(=O)c2cc(C3CC3)on2)CCN1. The predicted molar refractivity (Wildman–Crippen MR) is 66.4 cm³/mol. The molecule has 1 saturated heterocycles. The van der Waals surface area contributed by atoms with Crippen LogP contribution in [0.5, 0.6) is 0 Å². The normalized spacial score (nSPS) is 28.1. The Labute approximate surface area is 106 Å². The van der Waals surface area contributed by atoms with Crippen molar-refractivity contribution in [2.24, 2.45) is 0 Å². The molecule has 1 saturated carbocycles. The van der Waals surface area contributed by atoms with Crippen LogP contribution in [0, 0.1) is 0 Å². The van der Waals surface area contributed by atoms with E-state index in [2.05, 4.69) is 22.7 Å². The van der Waals surface area contributed by atoms with E-state index in [1.54, 1.807) is 6.07 Å². The van der Waals surface area contributed by atoms with Crippen molar-refractivity contribution in [2.45, 2.75) is 50.6 Å². The molecule has 0 spiro atoms. The average Bonchev–Trinajstić information content (AvgIpc) is 3.07. The summed E-state index contributed by atoms with van der Waals surface area (Å²) < 4.78 is 5.20. The van der Waals surface area contributed by atoms with E-state index in [1.807, 2.05) is 0 Å². The second kappa shape index (κ2) is 4.72. The summed E-state index contributed by atoms with van der Waals surface area (Å²) in [6.07, 6.45) is 4.26. The molecule has 5 nitrogen and oxygen atoms in total. The highest BCUT2D eigenvalue weighted by Crippen LogP contribution is 2.40. The zero-order chi connectivity index (χ0) is 12.5. The molecule has 1 aliphatic carbocycles. The molecular weight excluding hydrogens is 230 g/mol. The lowest BCUT2D eigenvalue weighted by molar-refractivity contribution is 0.0916. The standard InChI is InChI=1S/C13H19N3O2/c1-8-6-10(4-5-14-8)15-13(17)11-7-12(18-16-11)9-2-3-9/h7-10,14H,2-6H2,1H3,(H,15,17)/t8-,10+/m0/s1. The number of nitrogens with one attached hydrogen (secondary N) is 2. The zero-order valence-corrected chi connectivity index (χ0v) is 10.6. The Balaban J connectivity index is 1.59. The van der Waals surface area contributed by atoms with Crippen LogP contribution in [-0.4, -0.2) is 29.7 Å². The van der Waals surface area contributed by atoms with Gasteiger partial charge >= 0.3 is 0 Å². The van der Waals surface area contributed by atoms with E-state index < -0.39 is 0 Å². The van der Waals surface area contributed by atoms with Crippen LogP contribution in [0.25, 0.3) is 0 Å². The number of carbonyl (C=O) groups excluding carboxylic acids is 1. The van der Waals surface area contributed by atoms with E-state index in [-0.39, 0.29) is 11.9 Å². The Kier molecular flexibility index (Phi) is 3.07. The number of aromatic nitrogens is 1. The van der Waals surface area contributed by atoms with Gasteiger partial charge in [-0.25, -0.2) is 0 Å². The molecule has 1 amide bonds. The minimum absolute atomic E-state index is 0.107. The molecular formula is C13H19N3O2. The fourth-order valence-corrected chi connectivity index (χ4v) is 2.48. The van der Waals surface area contributed by atoms with Gasteiger partial charge in [-0.1, -0.05) is 5.16 Å². The largest absolute Gasteiger partial charge is 0.360 e. The van der Waals surface area contributed by atoms with Crippen molar-refractivity contribution in [3.8, 4) is 0 Å². The Morgan fingerprint density at radius 1 is 1.50 bits per heavy atom. The number of rotatable bonds is 3. The first-order valence-electron chi connectivity index (χ1n) is 6.73. The number of piperidine rings is 1. The third kappa shape index (κ3) is 2.56. The number of amides is 1. The van der Waals surface area contributed by atoms with E-state index >= 15 is 0 Å². The maximum Gasteiger partial charge on any atom is 0.273 e. The summed E-state index contributed by atoms with van der Waals surface area (Å²) in [5.74, 6) is 1.25. The molecule has 0 unspecified atom stereocenters. The highest BCUT2D eigenvalue weighted by molar-refractivity contribution is 5.92. The minimum Gasteiger partial charge on any atom is -0.360 e. The van der Waals surface area contributed by atoms with Crippen molar-refractivity contribution < 1.29 is 9.32 Å². The molecule has 2 fully saturated rings. The first kappa shape index (κ1) is 11.7. The van der Waals surface area contributed by atoms with Crippen molar-refractivity contribution >= 4 is 5.91 Å². The number of nitrogens with zero attached hydrogens (tertiary/aromatic N) is 1. The van der Waals surface area contributed by atoms with Gasteiger partial charge in [-0.05, 0) is 39.2 Å². The molecule has 3 rings (SSSR count). The molecule has 1 aromatic rings. The van der Waals surface area contributed by atoms with Gasteiger partial charge in [0.1, 0.15) is 5.76 Å². The fraction of sp³-hybridized carbons (Fsp3) is 0.692. The fourth-order valence-electron chi connectivity index (χ4n) is 2.48. The van der Waals surface area contributed by atoms with E-state index in [4.69, 9.17) is 4.52 Å². The van der Waals surface area contributed by atoms with Gasteiger partial charge in [-0.2, -0.15) is 0 Å². The Morgan fingerprint density at radius 2 is 2.33 bits per heavy atom. The van der Waals surface area contributed by atoms with Crippen LogP contribution in [0.15, 0.2) is 10.6 Å². The van der Waals surface area contributed by atoms with Gasteiger partial charge in [0.25, 0.3) is 5.91 Å². The van der Waals surface area contributed by atoms with Gasteiger partial charge < -0.3 is 15.2 Å². The first-order valence-corrected chi connectivity index (χ1v) is 6.73. The molecule has 2 heterocycles. The summed E-state index contributed by atoms with van der Waals surface area (Å²) in [6, 6.07) is 2.50. The Morgan fingerprint density at radius 3 is 3.06 bits per heavy atom. The van der Waals surface area contributed by atoms with Crippen LogP contribution in [0.1, 0.15) is 54.8 Å². The summed E-state index contributed by atoms with van der Waals surface area (Å²) in [5.41, 5.74) is 0.420. The molecule has 1 aromatic heterocycles. The maximum atomic E-state index is 12.0. The van der Waals surface area contributed by atoms with Crippen LogP contribution in [0.4, 0.5) is 0 Å². The number of hydrogen-bond acceptors (Lipinski definition) is 4. The van der Waals surface area contributed by atoms with Crippen LogP contribution in [-0.2, 0) is 0 Å². The second-order valence-electron chi connectivity index (χ2n) is 5.44. The summed E-state index contributed by atoms with van der Waals surface area (Å²) in [4.78, 5) is 12.0. The van der Waals surface area contributed by atoms with Crippen molar-refractivity contribution in [2.75, 3.05) is 6.54 Å². The monoisotopic (exact) mass is 249 g/mol. The average molecular weight is 249 g/mol. The van der Waals surface area contributed by atoms with Crippen molar-refractivity contribution in [3.05, 3.63) is 17.5 Å². The van der Waals surface area contributed by atoms with Gasteiger partial charge in [0.05, 0.1) is 0 Å².